The Labute approximate surface area is 309 Å². The van der Waals surface area contributed by atoms with Crippen molar-refractivity contribution in [1.82, 2.24) is 19.6 Å². The molecule has 0 spiro atoms. The van der Waals surface area contributed by atoms with Gasteiger partial charge in [-0.3, -0.25) is 4.57 Å². The molecule has 17 heteroatoms. The van der Waals surface area contributed by atoms with Gasteiger partial charge in [-0.2, -0.15) is 9.29 Å². The Bertz CT molecular complexity index is 2020. The summed E-state index contributed by atoms with van der Waals surface area (Å²) >= 11 is 0. The standard InChI is InChI=1S/C36H47FN7O7PS/c1-36(2,3)39-23-32(45)25-6-7-26(33(22-25)51-52(46,47)48)24-44(5)20-17-30(18-21-44)43(4)53(49,50)31-14-12-29(13-15-31)41-35-38-19-16-34(42-35)40-28-10-8-27(37)9-11-28/h6-16,19,22,30,32,39,45H,17-18,20-21,23-24H2,1-5H3,(H3-,38,40,41,42,46,47,48). The van der Waals surface area contributed by atoms with Crippen molar-refractivity contribution in [1.29, 1.82) is 0 Å². The molecule has 5 N–H and O–H groups in total. The van der Waals surface area contributed by atoms with Crippen molar-refractivity contribution in [2.75, 3.05) is 44.4 Å². The van der Waals surface area contributed by atoms with Crippen molar-refractivity contribution >= 4 is 41.0 Å². The number of phosphoric ester groups is 1. The summed E-state index contributed by atoms with van der Waals surface area (Å²) in [5.41, 5.74) is 1.96. The molecule has 2 unspecified atom stereocenters. The Morgan fingerprint density at radius 1 is 1.04 bits per heavy atom. The van der Waals surface area contributed by atoms with E-state index in [1.165, 1.54) is 34.6 Å². The van der Waals surface area contributed by atoms with E-state index < -0.39 is 23.9 Å². The third-order valence-corrected chi connectivity index (χ3v) is 11.5. The Balaban J connectivity index is 1.20. The van der Waals surface area contributed by atoms with Crippen LogP contribution in [0.5, 0.6) is 5.75 Å². The second-order valence-electron chi connectivity index (χ2n) is 14.6. The first-order valence-electron chi connectivity index (χ1n) is 17.1. The topological polar surface area (TPSA) is 189 Å². The molecule has 0 amide bonds. The van der Waals surface area contributed by atoms with Crippen molar-refractivity contribution in [2.24, 2.45) is 0 Å². The van der Waals surface area contributed by atoms with E-state index >= 15 is 0 Å². The number of quaternary nitrogens is 1. The lowest BCUT2D eigenvalue weighted by atomic mass is 10.00. The van der Waals surface area contributed by atoms with Gasteiger partial charge in [0.05, 0.1) is 31.1 Å². The van der Waals surface area contributed by atoms with Crippen LogP contribution in [0, 0.1) is 5.82 Å². The Morgan fingerprint density at radius 3 is 2.28 bits per heavy atom. The lowest BCUT2D eigenvalue weighted by Crippen LogP contribution is -2.53. The number of halogens is 1. The van der Waals surface area contributed by atoms with Crippen LogP contribution in [0.3, 0.4) is 0 Å². The van der Waals surface area contributed by atoms with Gasteiger partial charge in [0.1, 0.15) is 23.9 Å². The van der Waals surface area contributed by atoms with E-state index in [1.54, 1.807) is 55.7 Å². The van der Waals surface area contributed by atoms with E-state index in [0.29, 0.717) is 65.3 Å². The van der Waals surface area contributed by atoms with E-state index in [0.717, 1.165) is 0 Å². The summed E-state index contributed by atoms with van der Waals surface area (Å²) in [5, 5.41) is 20.1. The molecule has 1 aliphatic rings. The molecule has 4 aromatic rings. The monoisotopic (exact) mass is 771 g/mol. The minimum Gasteiger partial charge on any atom is -0.746 e. The van der Waals surface area contributed by atoms with Crippen molar-refractivity contribution in [3.63, 3.8) is 0 Å². The first-order chi connectivity index (χ1) is 24.8. The van der Waals surface area contributed by atoms with Gasteiger partial charge in [0.15, 0.2) is 0 Å². The van der Waals surface area contributed by atoms with Crippen LogP contribution in [0.1, 0.15) is 50.8 Å². The average Bonchev–Trinajstić information content (AvgIpc) is 3.08. The number of rotatable bonds is 14. The number of benzene rings is 3. The average molecular weight is 772 g/mol. The van der Waals surface area contributed by atoms with Gasteiger partial charge in [0, 0.05) is 61.1 Å². The molecule has 286 valence electrons. The molecule has 1 saturated heterocycles. The summed E-state index contributed by atoms with van der Waals surface area (Å²) in [6.07, 6.45) is 1.72. The van der Waals surface area contributed by atoms with Crippen LogP contribution in [0.4, 0.5) is 27.5 Å². The minimum absolute atomic E-state index is 0.0572. The first kappa shape index (κ1) is 40.2. The van der Waals surface area contributed by atoms with Gasteiger partial charge in [0.2, 0.25) is 16.0 Å². The van der Waals surface area contributed by atoms with Gasteiger partial charge in [-0.05, 0) is 93.1 Å². The zero-order valence-electron chi connectivity index (χ0n) is 30.4. The molecule has 14 nitrogen and oxygen atoms in total. The lowest BCUT2D eigenvalue weighted by Gasteiger charge is -2.42. The number of hydrogen-bond acceptors (Lipinski definition) is 11. The van der Waals surface area contributed by atoms with Gasteiger partial charge in [-0.15, -0.1) is 0 Å². The van der Waals surface area contributed by atoms with Crippen LogP contribution in [0.15, 0.2) is 83.9 Å². The number of nitrogens with zero attached hydrogens (tertiary/aromatic N) is 4. The highest BCUT2D eigenvalue weighted by atomic mass is 32.2. The highest BCUT2D eigenvalue weighted by molar-refractivity contribution is 7.89. The molecule has 1 fully saturated rings. The minimum atomic E-state index is -5.14. The van der Waals surface area contributed by atoms with E-state index in [4.69, 9.17) is 4.52 Å². The molecule has 2 atom stereocenters. The van der Waals surface area contributed by atoms with Crippen molar-refractivity contribution in [2.45, 2.75) is 62.7 Å². The normalized spacial score (nSPS) is 19.7. The number of likely N-dealkylation sites (tertiary alicyclic amines) is 1. The fraction of sp³-hybridized carbons (Fsp3) is 0.389. The molecular weight excluding hydrogens is 724 g/mol. The quantitative estimate of drug-likeness (QED) is 0.0872. The fourth-order valence-electron chi connectivity index (χ4n) is 6.12. The zero-order chi connectivity index (χ0) is 38.6. The zero-order valence-corrected chi connectivity index (χ0v) is 32.1. The van der Waals surface area contributed by atoms with Crippen LogP contribution in [-0.2, 0) is 21.1 Å². The number of hydrogen-bond donors (Lipinski definition) is 5. The maximum absolute atomic E-state index is 13.7. The predicted molar refractivity (Wildman–Crippen MR) is 199 cm³/mol. The Kier molecular flexibility index (Phi) is 12.3. The molecule has 5 rings (SSSR count). The molecular formula is C36H47FN7O7PS. The second-order valence-corrected chi connectivity index (χ2v) is 17.7. The van der Waals surface area contributed by atoms with Crippen LogP contribution < -0.4 is 25.4 Å². The second kappa shape index (κ2) is 16.2. The number of anilines is 4. The number of aliphatic hydroxyl groups excluding tert-OH is 1. The summed E-state index contributed by atoms with van der Waals surface area (Å²) in [6.45, 7) is 7.66. The molecule has 53 heavy (non-hydrogen) atoms. The summed E-state index contributed by atoms with van der Waals surface area (Å²) in [7, 11) is -5.39. The summed E-state index contributed by atoms with van der Waals surface area (Å²) in [4.78, 5) is 30.1. The fourth-order valence-corrected chi connectivity index (χ4v) is 7.96. The number of phosphoric acid groups is 1. The molecule has 0 bridgehead atoms. The maximum atomic E-state index is 13.7. The van der Waals surface area contributed by atoms with E-state index in [1.807, 2.05) is 27.8 Å². The Hall–Kier alpha value is -3.99. The molecule has 0 saturated carbocycles. The summed E-state index contributed by atoms with van der Waals surface area (Å²) < 4.78 is 59.2. The molecule has 0 radical (unpaired) electrons. The number of aromatic nitrogens is 2. The molecule has 1 aromatic heterocycles. The van der Waals surface area contributed by atoms with E-state index in [2.05, 4.69) is 25.9 Å². The number of aliphatic hydroxyl groups is 1. The summed E-state index contributed by atoms with van der Waals surface area (Å²) in [5.74, 6) is 0.370. The van der Waals surface area contributed by atoms with Crippen molar-refractivity contribution in [3.8, 4) is 5.75 Å². The lowest BCUT2D eigenvalue weighted by molar-refractivity contribution is -0.927. The number of piperidine rings is 1. The van der Waals surface area contributed by atoms with Gasteiger partial charge < -0.3 is 39.9 Å². The third-order valence-electron chi connectivity index (χ3n) is 9.15. The summed E-state index contributed by atoms with van der Waals surface area (Å²) in [6, 6.07) is 18.4. The molecule has 1 aliphatic heterocycles. The maximum Gasteiger partial charge on any atom is 0.317 e. The largest absolute Gasteiger partial charge is 0.746 e. The number of nitrogens with one attached hydrogen (secondary N) is 3. The SMILES string of the molecule is CN(C1CC[N+](C)(Cc2ccc(C(O)CNC(C)(C)C)cc2OP(=O)([O-])O)CC1)S(=O)(=O)c1ccc(Nc2nccc(Nc3ccc(F)cc3)n2)cc1. The van der Waals surface area contributed by atoms with Gasteiger partial charge in [0.25, 0.3) is 0 Å². The highest BCUT2D eigenvalue weighted by Gasteiger charge is 2.37. The molecule has 3 aromatic carbocycles. The molecule has 2 heterocycles. The van der Waals surface area contributed by atoms with Gasteiger partial charge in [-0.1, -0.05) is 6.07 Å². The van der Waals surface area contributed by atoms with Crippen LogP contribution in [0.2, 0.25) is 0 Å². The highest BCUT2D eigenvalue weighted by Crippen LogP contribution is 2.38. The van der Waals surface area contributed by atoms with Gasteiger partial charge >= 0.3 is 7.82 Å². The van der Waals surface area contributed by atoms with Crippen LogP contribution in [0.25, 0.3) is 0 Å². The van der Waals surface area contributed by atoms with Crippen molar-refractivity contribution in [3.05, 3.63) is 95.9 Å². The smallest absolute Gasteiger partial charge is 0.317 e. The Morgan fingerprint density at radius 2 is 1.66 bits per heavy atom. The number of sulfonamides is 1. The van der Waals surface area contributed by atoms with Gasteiger partial charge in [-0.25, -0.2) is 17.8 Å². The van der Waals surface area contributed by atoms with Crippen LogP contribution in [-0.4, -0.2) is 82.5 Å². The first-order valence-corrected chi connectivity index (χ1v) is 20.1. The van der Waals surface area contributed by atoms with Crippen molar-refractivity contribution < 1.29 is 41.3 Å². The predicted octanol–water partition coefficient (Wildman–Crippen LogP) is 4.79. The van der Waals surface area contributed by atoms with Crippen LogP contribution >= 0.6 is 7.82 Å². The van der Waals surface area contributed by atoms with E-state index in [9.17, 15) is 32.3 Å². The molecule has 0 aliphatic carbocycles. The third kappa shape index (κ3) is 11.3. The van der Waals surface area contributed by atoms with E-state index in [-0.39, 0.29) is 40.5 Å². The number of β-amino-alcohol motifs (C(OH)–C–C–N with tert-alkyl or cyclic N) is 1.